The van der Waals surface area contributed by atoms with E-state index in [1.54, 1.807) is 12.1 Å². The maximum absolute atomic E-state index is 13.6. The molecule has 2 aromatic carbocycles. The fraction of sp³-hybridized carbons (Fsp3) is 0.231. The Morgan fingerprint density at radius 2 is 2.00 bits per heavy atom. The molecule has 4 aromatic rings. The lowest BCUT2D eigenvalue weighted by Gasteiger charge is -2.20. The van der Waals surface area contributed by atoms with Crippen LogP contribution in [0, 0.1) is 11.7 Å². The molecule has 202 valence electrons. The van der Waals surface area contributed by atoms with E-state index in [9.17, 15) is 22.4 Å². The minimum atomic E-state index is -4.64. The van der Waals surface area contributed by atoms with Crippen molar-refractivity contribution in [3.8, 4) is 16.9 Å². The van der Waals surface area contributed by atoms with Crippen LogP contribution >= 0.6 is 11.6 Å². The fourth-order valence-corrected chi connectivity index (χ4v) is 4.51. The van der Waals surface area contributed by atoms with Gasteiger partial charge in [-0.15, -0.1) is 0 Å². The first-order chi connectivity index (χ1) is 18.6. The summed E-state index contributed by atoms with van der Waals surface area (Å²) in [7, 11) is 1.36. The standard InChI is InChI=1S/C26H21ClF4N6O2/c1-39-24(38)16-7-9-36(14-16)18-4-2-3-15(11-18)19-13-32-25(33-17-5-6-21(28)20(27)12-17)34-23(19)37-10-8-22(35-37)26(29,30)31/h2-6,8,10-13,16H,7,9,14H2,1H3,(H,32,33,34). The zero-order chi connectivity index (χ0) is 27.7. The van der Waals surface area contributed by atoms with Crippen molar-refractivity contribution < 1.29 is 27.1 Å². The number of hydrogen-bond acceptors (Lipinski definition) is 7. The van der Waals surface area contributed by atoms with Crippen LogP contribution in [0.25, 0.3) is 16.9 Å². The number of carbonyl (C=O) groups is 1. The van der Waals surface area contributed by atoms with Gasteiger partial charge in [0, 0.05) is 42.4 Å². The Balaban J connectivity index is 1.53. The van der Waals surface area contributed by atoms with Crippen molar-refractivity contribution in [2.45, 2.75) is 12.6 Å². The van der Waals surface area contributed by atoms with Gasteiger partial charge in [0.05, 0.1) is 18.1 Å². The lowest BCUT2D eigenvalue weighted by atomic mass is 10.1. The van der Waals surface area contributed by atoms with Crippen molar-refractivity contribution in [2.75, 3.05) is 30.4 Å². The maximum atomic E-state index is 13.6. The molecule has 0 spiro atoms. The summed E-state index contributed by atoms with van der Waals surface area (Å²) in [6, 6.07) is 12.1. The second kappa shape index (κ2) is 10.5. The summed E-state index contributed by atoms with van der Waals surface area (Å²) in [5.74, 6) is -0.993. The minimum absolute atomic E-state index is 0.0390. The first-order valence-corrected chi connectivity index (χ1v) is 12.2. The molecule has 1 atom stereocenters. The highest BCUT2D eigenvalue weighted by atomic mass is 35.5. The molecule has 1 N–H and O–H groups in total. The van der Waals surface area contributed by atoms with Crippen LogP contribution in [0.15, 0.2) is 60.9 Å². The molecule has 13 heteroatoms. The Hall–Kier alpha value is -4.19. The van der Waals surface area contributed by atoms with E-state index in [0.29, 0.717) is 36.3 Å². The Kier molecular flexibility index (Phi) is 7.13. The molecule has 5 rings (SSSR count). The molecule has 1 aliphatic heterocycles. The van der Waals surface area contributed by atoms with Crippen LogP contribution in [0.1, 0.15) is 12.1 Å². The molecule has 2 aromatic heterocycles. The summed E-state index contributed by atoms with van der Waals surface area (Å²) in [5, 5.41) is 6.46. The smallest absolute Gasteiger partial charge is 0.435 e. The van der Waals surface area contributed by atoms with Crippen molar-refractivity contribution in [1.29, 1.82) is 0 Å². The normalized spacial score (nSPS) is 15.4. The van der Waals surface area contributed by atoms with Crippen LogP contribution in [-0.2, 0) is 15.7 Å². The van der Waals surface area contributed by atoms with Crippen LogP contribution < -0.4 is 10.2 Å². The van der Waals surface area contributed by atoms with Crippen molar-refractivity contribution in [2.24, 2.45) is 5.92 Å². The zero-order valence-electron chi connectivity index (χ0n) is 20.4. The number of ether oxygens (including phenoxy) is 1. The molecule has 1 saturated heterocycles. The minimum Gasteiger partial charge on any atom is -0.469 e. The highest BCUT2D eigenvalue weighted by molar-refractivity contribution is 6.31. The average Bonchev–Trinajstić information content (AvgIpc) is 3.61. The zero-order valence-corrected chi connectivity index (χ0v) is 21.2. The molecule has 1 fully saturated rings. The van der Waals surface area contributed by atoms with E-state index < -0.39 is 17.7 Å². The van der Waals surface area contributed by atoms with E-state index in [4.69, 9.17) is 16.3 Å². The molecule has 0 radical (unpaired) electrons. The number of aromatic nitrogens is 4. The Morgan fingerprint density at radius 1 is 1.18 bits per heavy atom. The lowest BCUT2D eigenvalue weighted by molar-refractivity contribution is -0.144. The van der Waals surface area contributed by atoms with E-state index in [1.165, 1.54) is 31.6 Å². The monoisotopic (exact) mass is 560 g/mol. The van der Waals surface area contributed by atoms with Gasteiger partial charge in [0.15, 0.2) is 11.5 Å². The second-order valence-corrected chi connectivity index (χ2v) is 9.24. The number of halogens is 5. The van der Waals surface area contributed by atoms with Gasteiger partial charge in [-0.05, 0) is 48.4 Å². The van der Waals surface area contributed by atoms with Crippen molar-refractivity contribution >= 4 is 34.9 Å². The third-order valence-corrected chi connectivity index (χ3v) is 6.58. The summed E-state index contributed by atoms with van der Waals surface area (Å²) in [6.45, 7) is 1.13. The number of nitrogens with one attached hydrogen (secondary N) is 1. The van der Waals surface area contributed by atoms with Crippen molar-refractivity contribution in [3.63, 3.8) is 0 Å². The third-order valence-electron chi connectivity index (χ3n) is 6.29. The molecule has 39 heavy (non-hydrogen) atoms. The van der Waals surface area contributed by atoms with Crippen LogP contribution in [0.2, 0.25) is 5.02 Å². The van der Waals surface area contributed by atoms with E-state index in [0.717, 1.165) is 22.5 Å². The largest absolute Gasteiger partial charge is 0.469 e. The molecule has 0 saturated carbocycles. The summed E-state index contributed by atoms with van der Waals surface area (Å²) in [5.41, 5.74) is 1.17. The number of esters is 1. The number of rotatable bonds is 6. The molecule has 8 nitrogen and oxygen atoms in total. The van der Waals surface area contributed by atoms with Gasteiger partial charge >= 0.3 is 12.1 Å². The number of nitrogens with zero attached hydrogens (tertiary/aromatic N) is 5. The summed E-state index contributed by atoms with van der Waals surface area (Å²) < 4.78 is 59.4. The molecule has 0 aliphatic carbocycles. The molecular formula is C26H21ClF4N6O2. The lowest BCUT2D eigenvalue weighted by Crippen LogP contribution is -2.23. The summed E-state index contributed by atoms with van der Waals surface area (Å²) in [6.07, 6.45) is -1.37. The van der Waals surface area contributed by atoms with Crippen LogP contribution in [0.4, 0.5) is 34.9 Å². The SMILES string of the molecule is COC(=O)C1CCN(c2cccc(-c3cnc(Nc4ccc(F)c(Cl)c4)nc3-n3ccc(C(F)(F)F)n3)c2)C1. The number of carbonyl (C=O) groups excluding carboxylic acids is 1. The predicted octanol–water partition coefficient (Wildman–Crippen LogP) is 5.88. The Labute approximate surface area is 225 Å². The fourth-order valence-electron chi connectivity index (χ4n) is 4.33. The first kappa shape index (κ1) is 26.4. The van der Waals surface area contributed by atoms with E-state index in [1.807, 2.05) is 17.0 Å². The van der Waals surface area contributed by atoms with Gasteiger partial charge in [0.2, 0.25) is 5.95 Å². The van der Waals surface area contributed by atoms with Gasteiger partial charge in [-0.25, -0.2) is 14.1 Å². The van der Waals surface area contributed by atoms with E-state index in [2.05, 4.69) is 20.4 Å². The van der Waals surface area contributed by atoms with E-state index in [-0.39, 0.29) is 28.7 Å². The topological polar surface area (TPSA) is 85.2 Å². The number of anilines is 3. The molecular weight excluding hydrogens is 540 g/mol. The van der Waals surface area contributed by atoms with E-state index >= 15 is 0 Å². The maximum Gasteiger partial charge on any atom is 0.435 e. The molecule has 1 aliphatic rings. The Morgan fingerprint density at radius 3 is 2.72 bits per heavy atom. The van der Waals surface area contributed by atoms with Crippen LogP contribution in [0.3, 0.4) is 0 Å². The van der Waals surface area contributed by atoms with Gasteiger partial charge in [-0.1, -0.05) is 23.7 Å². The van der Waals surface area contributed by atoms with Gasteiger partial charge in [-0.3, -0.25) is 4.79 Å². The van der Waals surface area contributed by atoms with Gasteiger partial charge < -0.3 is 15.0 Å². The number of benzene rings is 2. The highest BCUT2D eigenvalue weighted by Crippen LogP contribution is 2.33. The first-order valence-electron chi connectivity index (χ1n) is 11.8. The highest BCUT2D eigenvalue weighted by Gasteiger charge is 2.34. The van der Waals surface area contributed by atoms with Gasteiger partial charge in [0.25, 0.3) is 0 Å². The quantitative estimate of drug-likeness (QED) is 0.233. The van der Waals surface area contributed by atoms with Crippen LogP contribution in [0.5, 0.6) is 0 Å². The molecule has 0 bridgehead atoms. The molecule has 1 unspecified atom stereocenters. The Bertz CT molecular complexity index is 1530. The summed E-state index contributed by atoms with van der Waals surface area (Å²) >= 11 is 5.86. The van der Waals surface area contributed by atoms with Crippen molar-refractivity contribution in [3.05, 3.63) is 77.5 Å². The third kappa shape index (κ3) is 5.65. The van der Waals surface area contributed by atoms with Gasteiger partial charge in [-0.2, -0.15) is 23.3 Å². The number of methoxy groups -OCH3 is 1. The summed E-state index contributed by atoms with van der Waals surface area (Å²) in [4.78, 5) is 22.8. The van der Waals surface area contributed by atoms with Crippen LogP contribution in [-0.4, -0.2) is 45.9 Å². The molecule has 3 heterocycles. The number of alkyl halides is 3. The average molecular weight is 561 g/mol. The molecule has 0 amide bonds. The number of hydrogen-bond donors (Lipinski definition) is 1. The van der Waals surface area contributed by atoms with Crippen molar-refractivity contribution in [1.82, 2.24) is 19.7 Å². The van der Waals surface area contributed by atoms with Gasteiger partial charge in [0.1, 0.15) is 5.82 Å². The second-order valence-electron chi connectivity index (χ2n) is 8.83. The predicted molar refractivity (Wildman–Crippen MR) is 137 cm³/mol.